The summed E-state index contributed by atoms with van der Waals surface area (Å²) in [5.41, 5.74) is 11.1. The Bertz CT molecular complexity index is 2270. The van der Waals surface area contributed by atoms with Gasteiger partial charge in [-0.25, -0.2) is 4.98 Å². The molecule has 0 bridgehead atoms. The van der Waals surface area contributed by atoms with Crippen molar-refractivity contribution in [1.29, 1.82) is 0 Å². The number of aryl methyl sites for hydroxylation is 4. The van der Waals surface area contributed by atoms with Crippen LogP contribution in [0.1, 0.15) is 62.2 Å². The first-order valence-electron chi connectivity index (χ1n) is 16.9. The van der Waals surface area contributed by atoms with Crippen LogP contribution in [0.2, 0.25) is 0 Å². The first-order chi connectivity index (χ1) is 23.1. The summed E-state index contributed by atoms with van der Waals surface area (Å²) < 4.78 is 10.9. The minimum atomic E-state index is 0. The van der Waals surface area contributed by atoms with E-state index in [1.807, 2.05) is 29.1 Å². The molecule has 250 valence electrons. The zero-order valence-electron chi connectivity index (χ0n) is 29.3. The van der Waals surface area contributed by atoms with Gasteiger partial charge in [0.05, 0.1) is 5.69 Å². The number of fused-ring (bicyclic) bond motifs is 3. The maximum Gasteiger partial charge on any atom is 2.00 e. The number of rotatable bonds is 8. The van der Waals surface area contributed by atoms with E-state index < -0.39 is 0 Å². The minimum Gasteiger partial charge on any atom is -0.509 e. The number of nitrogens with zero attached hydrogens (tertiary/aromatic N) is 4. The molecule has 3 heterocycles. The summed E-state index contributed by atoms with van der Waals surface area (Å²) >= 11 is 0. The fourth-order valence-corrected chi connectivity index (χ4v) is 6.57. The molecule has 0 aliphatic heterocycles. The molecule has 5 nitrogen and oxygen atoms in total. The molecule has 0 spiro atoms. The zero-order chi connectivity index (χ0) is 33.6. The maximum atomic E-state index is 6.65. The third-order valence-electron chi connectivity index (χ3n) is 9.11. The molecule has 4 aromatic carbocycles. The fraction of sp³-hybridized carbons (Fsp3) is 0.256. The van der Waals surface area contributed by atoms with Gasteiger partial charge in [0.1, 0.15) is 5.82 Å². The van der Waals surface area contributed by atoms with Crippen molar-refractivity contribution in [2.45, 2.75) is 67.7 Å². The van der Waals surface area contributed by atoms with Gasteiger partial charge < -0.3 is 9.30 Å². The van der Waals surface area contributed by atoms with Crippen LogP contribution in [0.5, 0.6) is 11.5 Å². The van der Waals surface area contributed by atoms with Gasteiger partial charge in [-0.1, -0.05) is 75.7 Å². The van der Waals surface area contributed by atoms with Crippen LogP contribution in [0, 0.1) is 38.3 Å². The molecule has 0 aliphatic rings. The average molecular weight is 826 g/mol. The van der Waals surface area contributed by atoms with Gasteiger partial charge in [-0.2, -0.15) is 16.7 Å². The number of ether oxygens (including phenoxy) is 1. The Balaban J connectivity index is 0.00000417. The van der Waals surface area contributed by atoms with Gasteiger partial charge >= 0.3 is 21.1 Å². The fourth-order valence-electron chi connectivity index (χ4n) is 6.57. The van der Waals surface area contributed by atoms with Gasteiger partial charge in [0.25, 0.3) is 0 Å². The van der Waals surface area contributed by atoms with Gasteiger partial charge in [0.15, 0.2) is 0 Å². The molecule has 0 amide bonds. The molecule has 0 fully saturated rings. The van der Waals surface area contributed by atoms with E-state index in [4.69, 9.17) is 14.8 Å². The van der Waals surface area contributed by atoms with Gasteiger partial charge in [0.2, 0.25) is 0 Å². The summed E-state index contributed by atoms with van der Waals surface area (Å²) in [5, 5.41) is 7.31. The Labute approximate surface area is 304 Å². The van der Waals surface area contributed by atoms with Crippen molar-refractivity contribution in [3.05, 3.63) is 131 Å². The molecule has 49 heavy (non-hydrogen) atoms. The van der Waals surface area contributed by atoms with Crippen molar-refractivity contribution in [1.82, 2.24) is 19.3 Å². The first kappa shape index (κ1) is 34.4. The molecular formula is C43H42N4OPt. The van der Waals surface area contributed by atoms with Crippen LogP contribution in [0.25, 0.3) is 44.4 Å². The summed E-state index contributed by atoms with van der Waals surface area (Å²) in [4.78, 5) is 4.76. The second-order valence-corrected chi connectivity index (χ2v) is 14.0. The second kappa shape index (κ2) is 13.8. The molecule has 6 heteroatoms. The molecule has 0 saturated carbocycles. The Hall–Kier alpha value is -4.47. The standard InChI is InChI=1S/C43H42N4O.Pt/c1-8-31-14-17-39-38(25-31)37-16-15-35(27-40(37)46(39)41-22-28(2)19-21-44-41)48-36-24-32(18-20-43(5,6)7)23-34(26-36)47-30(4)42(29(3)45-47)33-12-10-9-11-13-33;/h9-17,19,21-25H,8,18,20H2,1-7H3;/q-2;+2. The minimum absolute atomic E-state index is 0. The van der Waals surface area contributed by atoms with Crippen LogP contribution in [0.15, 0.2) is 91.1 Å². The van der Waals surface area contributed by atoms with E-state index in [1.165, 1.54) is 16.5 Å². The van der Waals surface area contributed by atoms with Crippen molar-refractivity contribution in [2.24, 2.45) is 5.41 Å². The number of pyridine rings is 1. The Kier molecular flexibility index (Phi) is 9.69. The maximum absolute atomic E-state index is 6.65. The van der Waals surface area contributed by atoms with Crippen LogP contribution in [0.4, 0.5) is 0 Å². The molecule has 0 unspecified atom stereocenters. The molecule has 0 radical (unpaired) electrons. The van der Waals surface area contributed by atoms with Crippen LogP contribution >= 0.6 is 0 Å². The number of aromatic nitrogens is 4. The first-order valence-corrected chi connectivity index (χ1v) is 16.9. The molecule has 0 atom stereocenters. The Morgan fingerprint density at radius 1 is 0.796 bits per heavy atom. The van der Waals surface area contributed by atoms with E-state index in [9.17, 15) is 0 Å². The van der Waals surface area contributed by atoms with Crippen molar-refractivity contribution < 1.29 is 25.8 Å². The van der Waals surface area contributed by atoms with Gasteiger partial charge in [0, 0.05) is 34.5 Å². The summed E-state index contributed by atoms with van der Waals surface area (Å²) in [7, 11) is 0. The molecule has 7 rings (SSSR count). The van der Waals surface area contributed by atoms with Crippen molar-refractivity contribution in [3.8, 4) is 34.1 Å². The zero-order valence-corrected chi connectivity index (χ0v) is 31.6. The van der Waals surface area contributed by atoms with E-state index >= 15 is 0 Å². The van der Waals surface area contributed by atoms with Crippen molar-refractivity contribution in [2.75, 3.05) is 0 Å². The van der Waals surface area contributed by atoms with Crippen LogP contribution < -0.4 is 4.74 Å². The quantitative estimate of drug-likeness (QED) is 0.143. The van der Waals surface area contributed by atoms with Crippen LogP contribution in [-0.2, 0) is 33.9 Å². The monoisotopic (exact) mass is 825 g/mol. The van der Waals surface area contributed by atoms with Crippen LogP contribution in [-0.4, -0.2) is 19.3 Å². The Morgan fingerprint density at radius 3 is 2.33 bits per heavy atom. The largest absolute Gasteiger partial charge is 2.00 e. The number of benzene rings is 4. The molecule has 0 saturated heterocycles. The number of hydrogen-bond donors (Lipinski definition) is 0. The topological polar surface area (TPSA) is 44.9 Å². The molecule has 0 aliphatic carbocycles. The average Bonchev–Trinajstić information content (AvgIpc) is 3.55. The third-order valence-corrected chi connectivity index (χ3v) is 9.11. The van der Waals surface area contributed by atoms with Crippen LogP contribution in [0.3, 0.4) is 0 Å². The van der Waals surface area contributed by atoms with E-state index in [0.29, 0.717) is 11.5 Å². The molecule has 3 aromatic heterocycles. The predicted molar refractivity (Wildman–Crippen MR) is 197 cm³/mol. The predicted octanol–water partition coefficient (Wildman–Crippen LogP) is 10.9. The number of hydrogen-bond acceptors (Lipinski definition) is 3. The second-order valence-electron chi connectivity index (χ2n) is 14.0. The molecule has 0 N–H and O–H groups in total. The van der Waals surface area contributed by atoms with E-state index in [0.717, 1.165) is 75.3 Å². The summed E-state index contributed by atoms with van der Waals surface area (Å²) in [6.07, 6.45) is 4.80. The smallest absolute Gasteiger partial charge is 0.509 e. The Morgan fingerprint density at radius 2 is 1.59 bits per heavy atom. The molecule has 7 aromatic rings. The van der Waals surface area contributed by atoms with Gasteiger partial charge in [-0.05, 0) is 91.4 Å². The van der Waals surface area contributed by atoms with Crippen molar-refractivity contribution in [3.63, 3.8) is 0 Å². The SMILES string of the molecule is CCc1ccc2c(c1)c1ccc(Oc3[c-]c(-n4nc(C)c(-c5ccccc5)c4C)cc(CCC(C)(C)C)c3)[c-]c1n2-c1cc(C)ccn1.[Pt+2]. The van der Waals surface area contributed by atoms with E-state index in [2.05, 4.69) is 132 Å². The normalized spacial score (nSPS) is 11.7. The van der Waals surface area contributed by atoms with E-state index in [-0.39, 0.29) is 26.5 Å². The van der Waals surface area contributed by atoms with Crippen molar-refractivity contribution >= 4 is 21.8 Å². The third kappa shape index (κ3) is 7.00. The van der Waals surface area contributed by atoms with E-state index in [1.54, 1.807) is 0 Å². The molecular weight excluding hydrogens is 784 g/mol. The summed E-state index contributed by atoms with van der Waals surface area (Å²) in [5.74, 6) is 2.14. The van der Waals surface area contributed by atoms with Gasteiger partial charge in [-0.3, -0.25) is 4.68 Å². The summed E-state index contributed by atoms with van der Waals surface area (Å²) in [6, 6.07) is 37.0. The summed E-state index contributed by atoms with van der Waals surface area (Å²) in [6.45, 7) is 15.3. The van der Waals surface area contributed by atoms with Gasteiger partial charge in [-0.15, -0.1) is 35.7 Å².